The predicted molar refractivity (Wildman–Crippen MR) is 89.0 cm³/mol. The second-order valence-electron chi connectivity index (χ2n) is 4.75. The molecule has 1 aromatic rings. The maximum atomic E-state index is 3.77. The first-order valence-electron chi connectivity index (χ1n) is 6.74. The van der Waals surface area contributed by atoms with Gasteiger partial charge in [-0.3, -0.25) is 0 Å². The van der Waals surface area contributed by atoms with Gasteiger partial charge in [0.05, 0.1) is 0 Å². The molecule has 0 aliphatic carbocycles. The molecule has 18 heavy (non-hydrogen) atoms. The first kappa shape index (κ1) is 15.7. The number of hydrogen-bond donors (Lipinski definition) is 1. The van der Waals surface area contributed by atoms with E-state index in [1.807, 2.05) is 6.08 Å². The molecule has 0 saturated carbocycles. The van der Waals surface area contributed by atoms with Crippen LogP contribution in [0, 0.1) is 10.5 Å². The Balaban J connectivity index is 2.55. The lowest BCUT2D eigenvalue weighted by Gasteiger charge is -2.19. The molecule has 0 spiro atoms. The van der Waals surface area contributed by atoms with Gasteiger partial charge in [-0.15, -0.1) is 6.58 Å². The van der Waals surface area contributed by atoms with Crippen molar-refractivity contribution in [3.63, 3.8) is 0 Å². The number of benzene rings is 1. The van der Waals surface area contributed by atoms with Crippen molar-refractivity contribution in [2.75, 3.05) is 7.05 Å². The predicted octanol–water partition coefficient (Wildman–Crippen LogP) is 5.00. The highest BCUT2D eigenvalue weighted by atomic mass is 127. The van der Waals surface area contributed by atoms with Crippen LogP contribution < -0.4 is 5.32 Å². The van der Waals surface area contributed by atoms with Crippen molar-refractivity contribution >= 4 is 22.6 Å². The van der Waals surface area contributed by atoms with Crippen LogP contribution in [0.3, 0.4) is 0 Å². The smallest absolute Gasteiger partial charge is 0.0328 e. The average molecular weight is 357 g/mol. The molecule has 0 heterocycles. The molecule has 1 unspecified atom stereocenters. The molecule has 1 atom stereocenters. The standard InChI is InChI=1S/C16H24IN/c1-4-5-6-7-8-12-15(18-3)14-11-9-10-13(2)16(14)17/h4,9-11,15,18H,1,5-8,12H2,2-3H3. The summed E-state index contributed by atoms with van der Waals surface area (Å²) in [6.07, 6.45) is 8.22. The Hall–Kier alpha value is -0.350. The van der Waals surface area contributed by atoms with E-state index in [9.17, 15) is 0 Å². The summed E-state index contributed by atoms with van der Waals surface area (Å²) in [5, 5.41) is 3.45. The fraction of sp³-hybridized carbons (Fsp3) is 0.500. The van der Waals surface area contributed by atoms with E-state index in [0.717, 1.165) is 6.42 Å². The van der Waals surface area contributed by atoms with Crippen molar-refractivity contribution in [1.82, 2.24) is 5.32 Å². The van der Waals surface area contributed by atoms with E-state index < -0.39 is 0 Å². The molecule has 2 heteroatoms. The first-order chi connectivity index (χ1) is 8.70. The first-order valence-corrected chi connectivity index (χ1v) is 7.81. The molecule has 0 fully saturated rings. The van der Waals surface area contributed by atoms with Crippen LogP contribution in [0.15, 0.2) is 30.9 Å². The van der Waals surface area contributed by atoms with E-state index in [2.05, 4.69) is 66.7 Å². The summed E-state index contributed by atoms with van der Waals surface area (Å²) in [4.78, 5) is 0. The minimum absolute atomic E-state index is 0.487. The average Bonchev–Trinajstić information content (AvgIpc) is 2.38. The van der Waals surface area contributed by atoms with Gasteiger partial charge in [0.15, 0.2) is 0 Å². The molecule has 1 rings (SSSR count). The molecular weight excluding hydrogens is 333 g/mol. The van der Waals surface area contributed by atoms with Crippen LogP contribution in [0.1, 0.15) is 49.3 Å². The van der Waals surface area contributed by atoms with Crippen LogP contribution in [0.5, 0.6) is 0 Å². The van der Waals surface area contributed by atoms with Crippen molar-refractivity contribution in [3.05, 3.63) is 45.6 Å². The molecule has 0 radical (unpaired) electrons. The minimum atomic E-state index is 0.487. The summed E-state index contributed by atoms with van der Waals surface area (Å²) < 4.78 is 1.40. The molecule has 0 aliphatic rings. The maximum absolute atomic E-state index is 3.77. The molecule has 0 aromatic heterocycles. The Labute approximate surface area is 125 Å². The molecule has 0 amide bonds. The molecule has 0 bridgehead atoms. The molecule has 1 N–H and O–H groups in total. The maximum Gasteiger partial charge on any atom is 0.0328 e. The van der Waals surface area contributed by atoms with Gasteiger partial charge in [0, 0.05) is 9.61 Å². The number of halogens is 1. The van der Waals surface area contributed by atoms with Crippen LogP contribution in [0.4, 0.5) is 0 Å². The fourth-order valence-corrected chi connectivity index (χ4v) is 2.94. The molecule has 1 nitrogen and oxygen atoms in total. The number of unbranched alkanes of at least 4 members (excludes halogenated alkanes) is 3. The normalized spacial score (nSPS) is 12.4. The van der Waals surface area contributed by atoms with Gasteiger partial charge in [-0.1, -0.05) is 37.1 Å². The summed E-state index contributed by atoms with van der Waals surface area (Å²) >= 11 is 2.46. The quantitative estimate of drug-likeness (QED) is 0.392. The lowest BCUT2D eigenvalue weighted by Crippen LogP contribution is -2.17. The van der Waals surface area contributed by atoms with Gasteiger partial charge < -0.3 is 5.32 Å². The van der Waals surface area contributed by atoms with Gasteiger partial charge in [-0.25, -0.2) is 0 Å². The van der Waals surface area contributed by atoms with E-state index >= 15 is 0 Å². The summed E-state index contributed by atoms with van der Waals surface area (Å²) in [5.74, 6) is 0. The Kier molecular flexibility index (Phi) is 7.59. The van der Waals surface area contributed by atoms with E-state index in [-0.39, 0.29) is 0 Å². The SMILES string of the molecule is C=CCCCCCC(NC)c1cccc(C)c1I. The Morgan fingerprint density at radius 1 is 1.33 bits per heavy atom. The molecule has 0 aliphatic heterocycles. The second-order valence-corrected chi connectivity index (χ2v) is 5.82. The molecule has 1 aromatic carbocycles. The van der Waals surface area contributed by atoms with Crippen molar-refractivity contribution in [2.24, 2.45) is 0 Å². The summed E-state index contributed by atoms with van der Waals surface area (Å²) in [6, 6.07) is 7.08. The van der Waals surface area contributed by atoms with Gasteiger partial charge in [-0.2, -0.15) is 0 Å². The number of aryl methyl sites for hydroxylation is 1. The fourth-order valence-electron chi connectivity index (χ4n) is 2.21. The number of rotatable bonds is 8. The number of hydrogen-bond acceptors (Lipinski definition) is 1. The van der Waals surface area contributed by atoms with Crippen LogP contribution in [-0.4, -0.2) is 7.05 Å². The third kappa shape index (κ3) is 4.73. The van der Waals surface area contributed by atoms with Crippen LogP contribution in [0.25, 0.3) is 0 Å². The highest BCUT2D eigenvalue weighted by molar-refractivity contribution is 14.1. The van der Waals surface area contributed by atoms with E-state index in [0.29, 0.717) is 6.04 Å². The molecular formula is C16H24IN. The zero-order valence-corrected chi connectivity index (χ0v) is 13.7. The van der Waals surface area contributed by atoms with Gasteiger partial charge in [0.2, 0.25) is 0 Å². The topological polar surface area (TPSA) is 12.0 Å². The minimum Gasteiger partial charge on any atom is -0.313 e. The largest absolute Gasteiger partial charge is 0.313 e. The lowest BCUT2D eigenvalue weighted by atomic mass is 9.99. The number of allylic oxidation sites excluding steroid dienone is 1. The van der Waals surface area contributed by atoms with Crippen LogP contribution >= 0.6 is 22.6 Å². The monoisotopic (exact) mass is 357 g/mol. The van der Waals surface area contributed by atoms with Gasteiger partial charge in [-0.05, 0) is 67.0 Å². The van der Waals surface area contributed by atoms with E-state index in [1.54, 1.807) is 0 Å². The third-order valence-electron chi connectivity index (χ3n) is 3.35. The van der Waals surface area contributed by atoms with Crippen LogP contribution in [0.2, 0.25) is 0 Å². The second kappa shape index (κ2) is 8.70. The number of nitrogens with one attached hydrogen (secondary N) is 1. The zero-order chi connectivity index (χ0) is 13.4. The van der Waals surface area contributed by atoms with Crippen molar-refractivity contribution in [3.8, 4) is 0 Å². The molecule has 0 saturated heterocycles. The Morgan fingerprint density at radius 3 is 2.78 bits per heavy atom. The van der Waals surface area contributed by atoms with Gasteiger partial charge in [0.25, 0.3) is 0 Å². The Morgan fingerprint density at radius 2 is 2.11 bits per heavy atom. The Bertz CT molecular complexity index is 373. The highest BCUT2D eigenvalue weighted by Gasteiger charge is 2.12. The van der Waals surface area contributed by atoms with E-state index in [1.165, 1.54) is 40.4 Å². The van der Waals surface area contributed by atoms with Crippen molar-refractivity contribution in [2.45, 2.75) is 45.1 Å². The van der Waals surface area contributed by atoms with E-state index in [4.69, 9.17) is 0 Å². The lowest BCUT2D eigenvalue weighted by molar-refractivity contribution is 0.506. The highest BCUT2D eigenvalue weighted by Crippen LogP contribution is 2.26. The third-order valence-corrected chi connectivity index (χ3v) is 4.82. The molecule has 100 valence electrons. The van der Waals surface area contributed by atoms with Gasteiger partial charge in [0.1, 0.15) is 0 Å². The van der Waals surface area contributed by atoms with Crippen molar-refractivity contribution < 1.29 is 0 Å². The summed E-state index contributed by atoms with van der Waals surface area (Å²) in [7, 11) is 2.06. The van der Waals surface area contributed by atoms with Crippen LogP contribution in [-0.2, 0) is 0 Å². The zero-order valence-electron chi connectivity index (χ0n) is 11.5. The summed E-state index contributed by atoms with van der Waals surface area (Å²) in [5.41, 5.74) is 2.82. The summed E-state index contributed by atoms with van der Waals surface area (Å²) in [6.45, 7) is 5.95. The van der Waals surface area contributed by atoms with Gasteiger partial charge >= 0.3 is 0 Å². The van der Waals surface area contributed by atoms with Crippen molar-refractivity contribution in [1.29, 1.82) is 0 Å².